The normalized spacial score (nSPS) is 23.5. The van der Waals surface area contributed by atoms with E-state index in [1.165, 1.54) is 6.07 Å². The van der Waals surface area contributed by atoms with E-state index in [9.17, 15) is 19.7 Å². The van der Waals surface area contributed by atoms with Crippen LogP contribution in [0.5, 0.6) is 5.75 Å². The standard InChI is InChI=1S/C15H20BN3O5/c17-10-4-5-19(7-10)8-13(20)18-12-6-9-2-1-3-11(15(21)22)14(9)24-16(12)23/h1-3,10,12,23H,4-8,17H2,(H,18,20)(H,21,22)/t10-,12?/m1/s1. The summed E-state index contributed by atoms with van der Waals surface area (Å²) in [5.74, 6) is -1.79. The maximum atomic E-state index is 12.2. The molecule has 8 nitrogen and oxygen atoms in total. The quantitative estimate of drug-likeness (QED) is 0.513. The lowest BCUT2D eigenvalue weighted by Crippen LogP contribution is -2.54. The Morgan fingerprint density at radius 3 is 2.92 bits per heavy atom. The molecule has 9 heteroatoms. The number of carbonyl (C=O) groups excluding carboxylic acids is 1. The van der Waals surface area contributed by atoms with Gasteiger partial charge in [0.2, 0.25) is 5.91 Å². The van der Waals surface area contributed by atoms with E-state index in [1.54, 1.807) is 12.1 Å². The second-order valence-corrected chi connectivity index (χ2v) is 6.27. The second-order valence-electron chi connectivity index (χ2n) is 6.27. The number of hydrogen-bond donors (Lipinski definition) is 4. The summed E-state index contributed by atoms with van der Waals surface area (Å²) in [6.45, 7) is 1.68. The molecule has 1 amide bonds. The number of benzene rings is 1. The van der Waals surface area contributed by atoms with Crippen molar-refractivity contribution in [3.8, 4) is 5.75 Å². The minimum Gasteiger partial charge on any atom is -0.534 e. The van der Waals surface area contributed by atoms with Crippen LogP contribution in [0.15, 0.2) is 18.2 Å². The molecule has 24 heavy (non-hydrogen) atoms. The van der Waals surface area contributed by atoms with Crippen LogP contribution in [0.25, 0.3) is 0 Å². The van der Waals surface area contributed by atoms with Gasteiger partial charge in [0.05, 0.1) is 18.0 Å². The highest BCUT2D eigenvalue weighted by molar-refractivity contribution is 6.47. The number of nitrogens with two attached hydrogens (primary N) is 1. The summed E-state index contributed by atoms with van der Waals surface area (Å²) in [5.41, 5.74) is 6.47. The summed E-state index contributed by atoms with van der Waals surface area (Å²) < 4.78 is 5.35. The van der Waals surface area contributed by atoms with Gasteiger partial charge in [0.15, 0.2) is 0 Å². The molecule has 1 fully saturated rings. The van der Waals surface area contributed by atoms with Gasteiger partial charge in [-0.25, -0.2) is 4.79 Å². The van der Waals surface area contributed by atoms with Gasteiger partial charge in [-0.2, -0.15) is 0 Å². The van der Waals surface area contributed by atoms with Crippen LogP contribution < -0.4 is 15.7 Å². The molecule has 0 aromatic heterocycles. The number of nitrogens with zero attached hydrogens (tertiary/aromatic N) is 1. The second kappa shape index (κ2) is 6.80. The van der Waals surface area contributed by atoms with Gasteiger partial charge in [0.25, 0.3) is 0 Å². The van der Waals surface area contributed by atoms with E-state index in [4.69, 9.17) is 10.4 Å². The Bertz CT molecular complexity index is 656. The maximum Gasteiger partial charge on any atom is 0.547 e. The van der Waals surface area contributed by atoms with Crippen LogP contribution >= 0.6 is 0 Å². The van der Waals surface area contributed by atoms with Crippen molar-refractivity contribution >= 4 is 19.0 Å². The summed E-state index contributed by atoms with van der Waals surface area (Å²) in [6, 6.07) is 4.87. The molecular formula is C15H20BN3O5. The first-order chi connectivity index (χ1) is 11.4. The van der Waals surface area contributed by atoms with Crippen molar-refractivity contribution in [2.45, 2.75) is 24.8 Å². The third kappa shape index (κ3) is 3.53. The molecule has 1 aromatic carbocycles. The minimum atomic E-state index is -1.29. The van der Waals surface area contributed by atoms with Gasteiger partial charge >= 0.3 is 13.1 Å². The zero-order valence-electron chi connectivity index (χ0n) is 13.1. The van der Waals surface area contributed by atoms with Crippen LogP contribution in [0.1, 0.15) is 22.3 Å². The number of amides is 1. The van der Waals surface area contributed by atoms with Crippen LogP contribution in [0.2, 0.25) is 0 Å². The topological polar surface area (TPSA) is 125 Å². The molecule has 0 spiro atoms. The molecule has 1 unspecified atom stereocenters. The van der Waals surface area contributed by atoms with Gasteiger partial charge in [-0.3, -0.25) is 9.69 Å². The SMILES string of the molecule is N[C@@H]1CCN(CC(=O)NC2Cc3cccc(C(=O)O)c3OB2O)C1. The highest BCUT2D eigenvalue weighted by Crippen LogP contribution is 2.30. The number of fused-ring (bicyclic) bond motifs is 1. The van der Waals surface area contributed by atoms with Crippen LogP contribution in [-0.2, 0) is 11.2 Å². The third-order valence-electron chi connectivity index (χ3n) is 4.37. The van der Waals surface area contributed by atoms with Crippen LogP contribution in [0.4, 0.5) is 0 Å². The number of aromatic carboxylic acids is 1. The molecule has 3 rings (SSSR count). The molecule has 0 radical (unpaired) electrons. The number of carboxylic acid groups (broad SMARTS) is 1. The highest BCUT2D eigenvalue weighted by Gasteiger charge is 2.38. The van der Waals surface area contributed by atoms with Crippen molar-refractivity contribution in [1.29, 1.82) is 0 Å². The van der Waals surface area contributed by atoms with E-state index >= 15 is 0 Å². The van der Waals surface area contributed by atoms with Crippen molar-refractivity contribution in [2.24, 2.45) is 5.73 Å². The van der Waals surface area contributed by atoms with Gasteiger partial charge in [0.1, 0.15) is 5.75 Å². The fourth-order valence-electron chi connectivity index (χ4n) is 3.18. The van der Waals surface area contributed by atoms with Gasteiger partial charge in [-0.05, 0) is 24.5 Å². The van der Waals surface area contributed by atoms with Crippen molar-refractivity contribution in [3.63, 3.8) is 0 Å². The molecule has 5 N–H and O–H groups in total. The van der Waals surface area contributed by atoms with Gasteiger partial charge < -0.3 is 25.8 Å². The van der Waals surface area contributed by atoms with E-state index in [0.717, 1.165) is 13.0 Å². The first kappa shape index (κ1) is 16.8. The number of rotatable bonds is 4. The number of likely N-dealkylation sites (tertiary alicyclic amines) is 1. The zero-order chi connectivity index (χ0) is 17.3. The molecule has 2 heterocycles. The summed E-state index contributed by atoms with van der Waals surface area (Å²) in [4.78, 5) is 25.3. The van der Waals surface area contributed by atoms with E-state index in [0.29, 0.717) is 18.5 Å². The lowest BCUT2D eigenvalue weighted by molar-refractivity contribution is -0.122. The van der Waals surface area contributed by atoms with E-state index in [2.05, 4.69) is 5.32 Å². The summed E-state index contributed by atoms with van der Waals surface area (Å²) in [6.07, 6.45) is 1.18. The van der Waals surface area contributed by atoms with Gasteiger partial charge in [-0.1, -0.05) is 12.1 Å². The largest absolute Gasteiger partial charge is 0.547 e. The summed E-state index contributed by atoms with van der Waals surface area (Å²) in [5, 5.41) is 22.0. The van der Waals surface area contributed by atoms with Crippen molar-refractivity contribution < 1.29 is 24.4 Å². The Balaban J connectivity index is 1.65. The molecule has 128 valence electrons. The number of para-hydroxylation sites is 1. The number of carbonyl (C=O) groups is 2. The molecule has 0 aliphatic carbocycles. The number of nitrogens with one attached hydrogen (secondary N) is 1. The molecule has 1 aromatic rings. The Hall–Kier alpha value is -2.10. The van der Waals surface area contributed by atoms with Crippen molar-refractivity contribution in [2.75, 3.05) is 19.6 Å². The third-order valence-corrected chi connectivity index (χ3v) is 4.37. The average Bonchev–Trinajstić information content (AvgIpc) is 2.92. The average molecular weight is 333 g/mol. The predicted octanol–water partition coefficient (Wildman–Crippen LogP) is -1.14. The fraction of sp³-hybridized carbons (Fsp3) is 0.467. The fourth-order valence-corrected chi connectivity index (χ4v) is 3.18. The summed E-state index contributed by atoms with van der Waals surface area (Å²) >= 11 is 0. The Morgan fingerprint density at radius 1 is 1.46 bits per heavy atom. The van der Waals surface area contributed by atoms with Gasteiger partial charge in [-0.15, -0.1) is 0 Å². The number of carboxylic acids is 1. The molecule has 1 saturated heterocycles. The molecule has 2 aliphatic rings. The van der Waals surface area contributed by atoms with Crippen LogP contribution in [0.3, 0.4) is 0 Å². The summed E-state index contributed by atoms with van der Waals surface area (Å²) in [7, 11) is -1.29. The monoisotopic (exact) mass is 333 g/mol. The smallest absolute Gasteiger partial charge is 0.534 e. The minimum absolute atomic E-state index is 0.00220. The van der Waals surface area contributed by atoms with E-state index in [1.807, 2.05) is 4.90 Å². The number of hydrogen-bond acceptors (Lipinski definition) is 6. The first-order valence-corrected chi connectivity index (χ1v) is 7.91. The molecule has 0 bridgehead atoms. The van der Waals surface area contributed by atoms with Crippen LogP contribution in [0, 0.1) is 0 Å². The molecule has 2 aliphatic heterocycles. The Labute approximate surface area is 139 Å². The lowest BCUT2D eigenvalue weighted by atomic mass is 9.72. The molecule has 0 saturated carbocycles. The lowest BCUT2D eigenvalue weighted by Gasteiger charge is -2.29. The zero-order valence-corrected chi connectivity index (χ0v) is 13.1. The van der Waals surface area contributed by atoms with Crippen molar-refractivity contribution in [1.82, 2.24) is 10.2 Å². The van der Waals surface area contributed by atoms with E-state index in [-0.39, 0.29) is 29.8 Å². The molecule has 2 atom stereocenters. The first-order valence-electron chi connectivity index (χ1n) is 7.91. The Morgan fingerprint density at radius 2 is 2.25 bits per heavy atom. The van der Waals surface area contributed by atoms with Gasteiger partial charge in [0, 0.05) is 19.1 Å². The van der Waals surface area contributed by atoms with Crippen molar-refractivity contribution in [3.05, 3.63) is 29.3 Å². The Kier molecular flexibility index (Phi) is 4.75. The maximum absolute atomic E-state index is 12.2. The highest BCUT2D eigenvalue weighted by atomic mass is 16.5. The van der Waals surface area contributed by atoms with E-state index < -0.39 is 19.0 Å². The van der Waals surface area contributed by atoms with Crippen LogP contribution in [-0.4, -0.2) is 65.6 Å². The predicted molar refractivity (Wildman–Crippen MR) is 86.7 cm³/mol. The molecular weight excluding hydrogens is 313 g/mol.